The minimum atomic E-state index is -2.16. The zero-order valence-electron chi connectivity index (χ0n) is 15.3. The van der Waals surface area contributed by atoms with Gasteiger partial charge in [-0.25, -0.2) is 0 Å². The summed E-state index contributed by atoms with van der Waals surface area (Å²) in [6, 6.07) is 6.42. The Morgan fingerprint density at radius 2 is 2.00 bits per heavy atom. The fraction of sp³-hybridized carbons (Fsp3) is 0.667. The fourth-order valence-corrected chi connectivity index (χ4v) is 5.83. The summed E-state index contributed by atoms with van der Waals surface area (Å²) in [7, 11) is 0. The van der Waals surface area contributed by atoms with Crippen LogP contribution < -0.4 is 3.71 Å². The van der Waals surface area contributed by atoms with Gasteiger partial charge in [0.05, 0.1) is 0 Å². The van der Waals surface area contributed by atoms with E-state index in [9.17, 15) is 4.79 Å². The van der Waals surface area contributed by atoms with Crippen molar-refractivity contribution in [3.8, 4) is 0 Å². The van der Waals surface area contributed by atoms with Crippen molar-refractivity contribution in [3.63, 3.8) is 0 Å². The number of aromatic nitrogens is 1. The molecule has 2 heterocycles. The molecule has 1 saturated heterocycles. The fourth-order valence-electron chi connectivity index (χ4n) is 2.81. The molecule has 1 aliphatic heterocycles. The summed E-state index contributed by atoms with van der Waals surface area (Å²) in [6.07, 6.45) is 1.90. The quantitative estimate of drug-likeness (QED) is 0.679. The van der Waals surface area contributed by atoms with Crippen LogP contribution in [0.3, 0.4) is 0 Å². The Morgan fingerprint density at radius 3 is 2.61 bits per heavy atom. The Bertz CT molecular complexity index is 561. The molecule has 23 heavy (non-hydrogen) atoms. The minimum absolute atomic E-state index is 0.201. The van der Waals surface area contributed by atoms with Crippen LogP contribution in [0.4, 0.5) is 4.79 Å². The first kappa shape index (κ1) is 18.6. The van der Waals surface area contributed by atoms with E-state index in [-0.39, 0.29) is 6.09 Å². The average Bonchev–Trinajstić information content (AvgIpc) is 2.45. The monoisotopic (exact) mass is 426 g/mol. The first-order valence-electron chi connectivity index (χ1n) is 8.51. The van der Waals surface area contributed by atoms with Crippen LogP contribution in [0.25, 0.3) is 0 Å². The van der Waals surface area contributed by atoms with Gasteiger partial charge in [-0.1, -0.05) is 0 Å². The van der Waals surface area contributed by atoms with E-state index in [0.29, 0.717) is 12.5 Å². The van der Waals surface area contributed by atoms with Gasteiger partial charge >= 0.3 is 145 Å². The zero-order chi connectivity index (χ0) is 17.3. The van der Waals surface area contributed by atoms with Gasteiger partial charge in [-0.15, -0.1) is 0 Å². The van der Waals surface area contributed by atoms with Crippen molar-refractivity contribution >= 4 is 28.2 Å². The summed E-state index contributed by atoms with van der Waals surface area (Å²) in [4.78, 5) is 26.3. The van der Waals surface area contributed by atoms with Crippen LogP contribution in [0.1, 0.15) is 45.2 Å². The summed E-state index contributed by atoms with van der Waals surface area (Å²) in [5.74, 6) is 0.324. The maximum absolute atomic E-state index is 12.3. The molecule has 0 radical (unpaired) electrons. The zero-order valence-corrected chi connectivity index (χ0v) is 18.2. The number of amides is 1. The molecular weight excluding hydrogens is 395 g/mol. The van der Waals surface area contributed by atoms with E-state index in [1.54, 1.807) is 0 Å². The topological polar surface area (TPSA) is 42.4 Å². The van der Waals surface area contributed by atoms with Crippen molar-refractivity contribution in [1.29, 1.82) is 0 Å². The molecule has 0 aromatic carbocycles. The molecule has 1 atom stereocenters. The number of nitrogens with zero attached hydrogens (tertiary/aromatic N) is 2. The Morgan fingerprint density at radius 1 is 1.30 bits per heavy atom. The third-order valence-corrected chi connectivity index (χ3v) is 9.21. The molecule has 1 unspecified atom stereocenters. The summed E-state index contributed by atoms with van der Waals surface area (Å²) in [5.41, 5.74) is 0.700. The van der Waals surface area contributed by atoms with Crippen molar-refractivity contribution in [3.05, 3.63) is 23.9 Å². The van der Waals surface area contributed by atoms with Gasteiger partial charge in [-0.05, 0) is 0 Å². The van der Waals surface area contributed by atoms with Crippen molar-refractivity contribution in [2.24, 2.45) is 0 Å². The Kier molecular flexibility index (Phi) is 5.64. The number of piperidine rings is 1. The standard InChI is InChI=1S/C15H21N2O2.3CH3.Sn/c1-15(2,3)19-14(18)17-10-6-7-12(11-17)13-8-4-5-9-16-13;;;;/h4-5,8,12H,6-7,10-11H2,1-3H3;3*1H3;. The second-order valence-corrected chi connectivity index (χ2v) is 22.8. The van der Waals surface area contributed by atoms with Gasteiger partial charge < -0.3 is 0 Å². The van der Waals surface area contributed by atoms with E-state index in [0.717, 1.165) is 25.1 Å². The van der Waals surface area contributed by atoms with Gasteiger partial charge in [-0.3, -0.25) is 0 Å². The average molecular weight is 425 g/mol. The molecule has 5 heteroatoms. The third-order valence-electron chi connectivity index (χ3n) is 4.03. The van der Waals surface area contributed by atoms with Crippen LogP contribution >= 0.6 is 0 Å². The number of hydrogen-bond donors (Lipinski definition) is 0. The van der Waals surface area contributed by atoms with Crippen molar-refractivity contribution in [2.75, 3.05) is 13.1 Å². The molecule has 128 valence electrons. The predicted molar refractivity (Wildman–Crippen MR) is 97.0 cm³/mol. The van der Waals surface area contributed by atoms with Gasteiger partial charge in [0.15, 0.2) is 0 Å². The van der Waals surface area contributed by atoms with E-state index in [2.05, 4.69) is 33.0 Å². The van der Waals surface area contributed by atoms with Crippen LogP contribution in [-0.2, 0) is 4.74 Å². The summed E-state index contributed by atoms with van der Waals surface area (Å²) in [5, 5.41) is 0. The first-order chi connectivity index (χ1) is 10.6. The molecule has 1 aromatic rings. The molecule has 1 aromatic heterocycles. The molecule has 0 aliphatic carbocycles. The Balaban J connectivity index is 2.11. The van der Waals surface area contributed by atoms with E-state index >= 15 is 0 Å². The van der Waals surface area contributed by atoms with Crippen molar-refractivity contribution < 1.29 is 9.53 Å². The molecule has 4 nitrogen and oxygen atoms in total. The third kappa shape index (κ3) is 5.37. The van der Waals surface area contributed by atoms with Crippen molar-refractivity contribution in [2.45, 2.75) is 60.0 Å². The number of carbonyl (C=O) groups excluding carboxylic acids is 1. The molecule has 0 spiro atoms. The van der Waals surface area contributed by atoms with Crippen LogP contribution in [0.2, 0.25) is 14.8 Å². The number of ether oxygens (including phenoxy) is 1. The molecule has 2 rings (SSSR count). The number of carbonyl (C=O) groups is 1. The second-order valence-electron chi connectivity index (χ2n) is 8.46. The molecule has 0 saturated carbocycles. The van der Waals surface area contributed by atoms with Crippen LogP contribution in [0.15, 0.2) is 18.2 Å². The SMILES string of the molecule is CC(C)(C)OC(=O)N1CCCC(c2ccc[c]([Sn]([CH3])([CH3])[CH3])n2)C1. The van der Waals surface area contributed by atoms with Crippen LogP contribution in [-0.4, -0.2) is 53.0 Å². The second kappa shape index (κ2) is 6.99. The summed E-state index contributed by atoms with van der Waals surface area (Å²) >= 11 is -2.16. The number of rotatable bonds is 2. The molecular formula is C18H30N2O2Sn. The van der Waals surface area contributed by atoms with Gasteiger partial charge in [0.25, 0.3) is 0 Å². The normalized spacial score (nSPS) is 19.6. The molecule has 0 bridgehead atoms. The summed E-state index contributed by atoms with van der Waals surface area (Å²) in [6.45, 7) is 7.23. The van der Waals surface area contributed by atoms with E-state index < -0.39 is 24.0 Å². The Hall–Kier alpha value is -0.781. The maximum atomic E-state index is 12.3. The van der Waals surface area contributed by atoms with E-state index in [4.69, 9.17) is 9.72 Å². The van der Waals surface area contributed by atoms with Gasteiger partial charge in [0.2, 0.25) is 0 Å². The van der Waals surface area contributed by atoms with E-state index in [1.165, 1.54) is 3.71 Å². The summed E-state index contributed by atoms with van der Waals surface area (Å²) < 4.78 is 6.83. The Labute approximate surface area is 144 Å². The van der Waals surface area contributed by atoms with Crippen LogP contribution in [0.5, 0.6) is 0 Å². The molecule has 1 amide bonds. The molecule has 0 N–H and O–H groups in total. The molecule has 1 aliphatic rings. The van der Waals surface area contributed by atoms with Gasteiger partial charge in [0, 0.05) is 0 Å². The predicted octanol–water partition coefficient (Wildman–Crippen LogP) is 3.74. The number of pyridine rings is 1. The van der Waals surface area contributed by atoms with E-state index in [1.807, 2.05) is 25.7 Å². The number of hydrogen-bond acceptors (Lipinski definition) is 3. The first-order valence-corrected chi connectivity index (χ1v) is 18.5. The van der Waals surface area contributed by atoms with Gasteiger partial charge in [-0.2, -0.15) is 0 Å². The van der Waals surface area contributed by atoms with Gasteiger partial charge in [0.1, 0.15) is 0 Å². The van der Waals surface area contributed by atoms with Crippen molar-refractivity contribution in [1.82, 2.24) is 9.88 Å². The molecule has 1 fully saturated rings. The number of likely N-dealkylation sites (tertiary alicyclic amines) is 1. The van der Waals surface area contributed by atoms with Crippen LogP contribution in [0, 0.1) is 0 Å².